The van der Waals surface area contributed by atoms with E-state index in [0.29, 0.717) is 73.0 Å². The Hall–Kier alpha value is -3.39. The van der Waals surface area contributed by atoms with E-state index < -0.39 is 5.97 Å². The summed E-state index contributed by atoms with van der Waals surface area (Å²) >= 11 is 3.77. The van der Waals surface area contributed by atoms with Crippen LogP contribution >= 0.6 is 23.5 Å². The van der Waals surface area contributed by atoms with Crippen LogP contribution in [0.15, 0.2) is 18.2 Å². The number of thioether (sulfide) groups is 2. The van der Waals surface area contributed by atoms with Crippen LogP contribution in [0.5, 0.6) is 0 Å². The molecule has 55 heavy (non-hydrogen) atoms. The lowest BCUT2D eigenvalue weighted by Crippen LogP contribution is -2.36. The van der Waals surface area contributed by atoms with E-state index in [9.17, 15) is 38.7 Å². The lowest BCUT2D eigenvalue weighted by atomic mass is 9.96. The number of carbonyl (C=O) groups excluding carboxylic acids is 6. The number of hydrogen-bond acceptors (Lipinski definition) is 9. The number of carboxylic acids is 1. The maximum absolute atomic E-state index is 12.8. The molecule has 5 N–H and O–H groups in total. The van der Waals surface area contributed by atoms with Gasteiger partial charge in [-0.1, -0.05) is 31.7 Å². The Bertz CT molecular complexity index is 1450. The fourth-order valence-corrected chi connectivity index (χ4v) is 11.3. The molecule has 0 saturated carbocycles. The number of urea groups is 2. The van der Waals surface area contributed by atoms with Gasteiger partial charge < -0.3 is 26.4 Å². The van der Waals surface area contributed by atoms with Crippen molar-refractivity contribution >= 4 is 64.7 Å². The van der Waals surface area contributed by atoms with Crippen molar-refractivity contribution in [2.75, 3.05) is 11.5 Å². The van der Waals surface area contributed by atoms with Gasteiger partial charge in [0, 0.05) is 73.4 Å². The van der Waals surface area contributed by atoms with Gasteiger partial charge in [-0.15, -0.1) is 0 Å². The first kappa shape index (κ1) is 42.7. The second-order valence-electron chi connectivity index (χ2n) is 15.7. The van der Waals surface area contributed by atoms with Gasteiger partial charge in [0.25, 0.3) is 0 Å². The summed E-state index contributed by atoms with van der Waals surface area (Å²) in [7, 11) is 0. The molecule has 1 aromatic carbocycles. The van der Waals surface area contributed by atoms with Crippen LogP contribution in [0.2, 0.25) is 0 Å². The van der Waals surface area contributed by atoms with Gasteiger partial charge >= 0.3 is 18.0 Å². The molecule has 1 aromatic rings. The number of amides is 4. The van der Waals surface area contributed by atoms with Crippen LogP contribution < -0.4 is 21.3 Å². The summed E-state index contributed by atoms with van der Waals surface area (Å²) in [4.78, 5) is 85.2. The smallest absolute Gasteiger partial charge is 0.335 e. The first-order valence-corrected chi connectivity index (χ1v) is 22.4. The van der Waals surface area contributed by atoms with E-state index in [4.69, 9.17) is 0 Å². The molecule has 5 rings (SSSR count). The number of ketones is 4. The second-order valence-corrected chi connectivity index (χ2v) is 18.3. The molecule has 4 fully saturated rings. The van der Waals surface area contributed by atoms with E-state index in [1.165, 1.54) is 12.1 Å². The molecule has 6 unspecified atom stereocenters. The largest absolute Gasteiger partial charge is 0.478 e. The van der Waals surface area contributed by atoms with E-state index in [-0.39, 0.29) is 77.8 Å². The monoisotopic (exact) mass is 798 g/mol. The molecule has 4 heterocycles. The van der Waals surface area contributed by atoms with Crippen molar-refractivity contribution in [2.24, 2.45) is 0 Å². The molecule has 4 amide bonds. The number of Topliss-reactive ketones (excluding diaryl/α,β-unsaturated/α-hetero) is 4. The van der Waals surface area contributed by atoms with Gasteiger partial charge in [0.15, 0.2) is 0 Å². The Labute approximate surface area is 333 Å². The van der Waals surface area contributed by atoms with Crippen LogP contribution in [0.4, 0.5) is 9.59 Å². The molecular weight excluding hydrogens is 741 g/mol. The number of rotatable bonds is 27. The van der Waals surface area contributed by atoms with Crippen LogP contribution in [0, 0.1) is 0 Å². The SMILES string of the molecule is O=C(CCCCCC(=O)Cc1cc(CC(=O)CCCCCC(=O)CCCCC2SCC3NC(=O)NC32)cc(C(=O)O)c1)CCCCC1SCC2NC(=O)NC21. The van der Waals surface area contributed by atoms with E-state index in [0.717, 1.165) is 75.7 Å². The summed E-state index contributed by atoms with van der Waals surface area (Å²) < 4.78 is 0. The molecule has 302 valence electrons. The average molecular weight is 799 g/mol. The molecule has 0 spiro atoms. The van der Waals surface area contributed by atoms with E-state index >= 15 is 0 Å². The Morgan fingerprint density at radius 1 is 0.527 bits per heavy atom. The highest BCUT2D eigenvalue weighted by Gasteiger charge is 2.43. The predicted molar refractivity (Wildman–Crippen MR) is 215 cm³/mol. The van der Waals surface area contributed by atoms with Gasteiger partial charge in [-0.25, -0.2) is 14.4 Å². The molecule has 14 heteroatoms. The summed E-state index contributed by atoms with van der Waals surface area (Å²) in [6.45, 7) is 0. The summed E-state index contributed by atoms with van der Waals surface area (Å²) in [5, 5.41) is 22.4. The number of aromatic carboxylic acids is 1. The Morgan fingerprint density at radius 2 is 0.909 bits per heavy atom. The maximum atomic E-state index is 12.8. The van der Waals surface area contributed by atoms with Crippen LogP contribution in [0.25, 0.3) is 0 Å². The van der Waals surface area contributed by atoms with Crippen molar-refractivity contribution in [1.29, 1.82) is 0 Å². The summed E-state index contributed by atoms with van der Waals surface area (Å²) in [6.07, 6.45) is 13.0. The number of hydrogen-bond donors (Lipinski definition) is 5. The van der Waals surface area contributed by atoms with Crippen molar-refractivity contribution in [3.05, 3.63) is 34.9 Å². The highest BCUT2D eigenvalue weighted by atomic mass is 32.2. The summed E-state index contributed by atoms with van der Waals surface area (Å²) in [5.74, 6) is 1.27. The number of carbonyl (C=O) groups is 7. The van der Waals surface area contributed by atoms with Crippen LogP contribution in [-0.2, 0) is 32.0 Å². The van der Waals surface area contributed by atoms with Gasteiger partial charge in [0.1, 0.15) is 23.1 Å². The standard InChI is InChI=1S/C41H58N4O8S2/c46-29(13-7-9-17-35-37-33(24-54-35)42-40(52)44-37)11-3-1-5-15-31(48)22-26-19-27(21-28(20-26)39(50)51)23-32(49)16-6-2-4-12-30(47)14-8-10-18-36-38-34(25-55-36)43-41(53)45-38/h19-21,33-38H,1-18,22-25H2,(H,50,51)(H2,42,44,52)(H2,43,45,53). The Balaban J connectivity index is 0.886. The van der Waals surface area contributed by atoms with E-state index in [1.807, 2.05) is 23.5 Å². The number of unbranched alkanes of at least 4 members (excludes halogenated alkanes) is 6. The zero-order valence-electron chi connectivity index (χ0n) is 31.9. The van der Waals surface area contributed by atoms with Gasteiger partial charge in [-0.3, -0.25) is 19.2 Å². The molecule has 12 nitrogen and oxygen atoms in total. The van der Waals surface area contributed by atoms with Gasteiger partial charge in [-0.05, 0) is 74.6 Å². The summed E-state index contributed by atoms with van der Waals surface area (Å²) in [6, 6.07) is 5.43. The minimum atomic E-state index is -1.10. The van der Waals surface area contributed by atoms with Crippen LogP contribution in [0.3, 0.4) is 0 Å². The topological polar surface area (TPSA) is 188 Å². The lowest BCUT2D eigenvalue weighted by Gasteiger charge is -2.16. The maximum Gasteiger partial charge on any atom is 0.335 e. The molecule has 0 aliphatic carbocycles. The van der Waals surface area contributed by atoms with Gasteiger partial charge in [0.05, 0.1) is 29.7 Å². The number of fused-ring (bicyclic) bond motifs is 2. The van der Waals surface area contributed by atoms with Crippen molar-refractivity contribution in [2.45, 2.75) is 163 Å². The summed E-state index contributed by atoms with van der Waals surface area (Å²) in [5.41, 5.74) is 1.24. The number of benzene rings is 1. The van der Waals surface area contributed by atoms with E-state index in [1.54, 1.807) is 6.07 Å². The predicted octanol–water partition coefficient (Wildman–Crippen LogP) is 6.10. The number of carboxylic acid groups (broad SMARTS) is 1. The first-order chi connectivity index (χ1) is 26.5. The zero-order valence-corrected chi connectivity index (χ0v) is 33.5. The van der Waals surface area contributed by atoms with Crippen LogP contribution in [-0.4, -0.2) is 92.4 Å². The minimum Gasteiger partial charge on any atom is -0.478 e. The fraction of sp³-hybridized carbons (Fsp3) is 0.683. The molecule has 4 aliphatic heterocycles. The normalized spacial score (nSPS) is 23.7. The number of nitrogens with one attached hydrogen (secondary N) is 4. The fourth-order valence-electron chi connectivity index (χ4n) is 8.24. The molecule has 0 aromatic heterocycles. The Kier molecular flexibility index (Phi) is 16.9. The highest BCUT2D eigenvalue weighted by Crippen LogP contribution is 2.34. The molecule has 0 bridgehead atoms. The van der Waals surface area contributed by atoms with Crippen molar-refractivity contribution in [3.8, 4) is 0 Å². The first-order valence-electron chi connectivity index (χ1n) is 20.3. The molecular formula is C41H58N4O8S2. The van der Waals surface area contributed by atoms with Gasteiger partial charge in [-0.2, -0.15) is 23.5 Å². The molecule has 4 aliphatic rings. The quantitative estimate of drug-likeness (QED) is 0.0514. The van der Waals surface area contributed by atoms with Gasteiger partial charge in [0.2, 0.25) is 0 Å². The molecule has 4 saturated heterocycles. The zero-order chi connectivity index (χ0) is 39.2. The Morgan fingerprint density at radius 3 is 1.31 bits per heavy atom. The third-order valence-electron chi connectivity index (χ3n) is 11.2. The molecule has 0 radical (unpaired) electrons. The van der Waals surface area contributed by atoms with Crippen molar-refractivity contribution in [1.82, 2.24) is 21.3 Å². The highest BCUT2D eigenvalue weighted by molar-refractivity contribution is 8.00. The third kappa shape index (κ3) is 13.9. The molecule has 6 atom stereocenters. The second kappa shape index (κ2) is 21.8. The third-order valence-corrected chi connectivity index (χ3v) is 14.2. The minimum absolute atomic E-state index is 0.00364. The lowest BCUT2D eigenvalue weighted by molar-refractivity contribution is -0.120. The van der Waals surface area contributed by atoms with Crippen molar-refractivity contribution < 1.29 is 38.7 Å². The average Bonchev–Trinajstić information content (AvgIpc) is 3.90. The van der Waals surface area contributed by atoms with Crippen LogP contribution in [0.1, 0.15) is 137 Å². The van der Waals surface area contributed by atoms with Crippen molar-refractivity contribution in [3.63, 3.8) is 0 Å². The van der Waals surface area contributed by atoms with E-state index in [2.05, 4.69) is 21.3 Å².